The number of ketones is 1. The maximum atomic E-state index is 13.3. The Kier molecular flexibility index (Phi) is 10.3. The molecule has 0 unspecified atom stereocenters. The molecule has 2 N–H and O–H groups in total. The number of aromatic nitrogens is 2. The SMILES string of the molecule is C[C@@H](NC(=O)[C@@H](CC(=O)c1ccc(C(C)(C)C)s1)Cc1ccc(-c2ncc(-c3ccc(N4CCOCC4)cc3)cn2)cc1)C(=O)O. The van der Waals surface area contributed by atoms with Gasteiger partial charge in [-0.15, -0.1) is 11.3 Å². The first-order valence-corrected chi connectivity index (χ1v) is 16.3. The number of thiophene rings is 1. The Balaban J connectivity index is 1.27. The van der Waals surface area contributed by atoms with E-state index in [1.54, 1.807) is 0 Å². The largest absolute Gasteiger partial charge is 0.480 e. The highest BCUT2D eigenvalue weighted by Crippen LogP contribution is 2.31. The van der Waals surface area contributed by atoms with E-state index in [4.69, 9.17) is 4.74 Å². The van der Waals surface area contributed by atoms with Gasteiger partial charge in [0.2, 0.25) is 5.91 Å². The molecule has 9 nitrogen and oxygen atoms in total. The zero-order valence-electron chi connectivity index (χ0n) is 26.7. The number of carboxylic acids is 1. The number of nitrogens with zero attached hydrogens (tertiary/aromatic N) is 3. The summed E-state index contributed by atoms with van der Waals surface area (Å²) in [5.41, 5.74) is 4.71. The smallest absolute Gasteiger partial charge is 0.325 e. The van der Waals surface area contributed by atoms with Crippen molar-refractivity contribution in [3.63, 3.8) is 0 Å². The van der Waals surface area contributed by atoms with E-state index < -0.39 is 23.8 Å². The van der Waals surface area contributed by atoms with Crippen molar-refractivity contribution in [2.24, 2.45) is 5.92 Å². The van der Waals surface area contributed by atoms with Gasteiger partial charge in [-0.25, -0.2) is 9.97 Å². The summed E-state index contributed by atoms with van der Waals surface area (Å²) in [6, 6.07) is 18.7. The van der Waals surface area contributed by atoms with Crippen LogP contribution in [-0.4, -0.2) is 65.1 Å². The molecule has 0 spiro atoms. The number of anilines is 1. The van der Waals surface area contributed by atoms with Crippen molar-refractivity contribution in [3.8, 4) is 22.5 Å². The van der Waals surface area contributed by atoms with Crippen LogP contribution in [0, 0.1) is 5.92 Å². The lowest BCUT2D eigenvalue weighted by Crippen LogP contribution is -2.42. The third kappa shape index (κ3) is 8.24. The van der Waals surface area contributed by atoms with Crippen LogP contribution in [0.25, 0.3) is 22.5 Å². The molecule has 0 aliphatic carbocycles. The van der Waals surface area contributed by atoms with Gasteiger partial charge in [0.25, 0.3) is 0 Å². The standard InChI is InChI=1S/C36H40N4O5S/c1-23(35(43)44)39-34(42)27(20-30(41)31-13-14-32(46-31)36(2,3)4)19-24-5-7-26(8-6-24)33-37-21-28(22-38-33)25-9-11-29(12-10-25)40-15-17-45-18-16-40/h5-14,21-23,27H,15-20H2,1-4H3,(H,39,42)(H,43,44)/t23-,27-/m1/s1. The number of benzene rings is 2. The van der Waals surface area contributed by atoms with Crippen LogP contribution in [0.15, 0.2) is 73.1 Å². The van der Waals surface area contributed by atoms with Crippen molar-refractivity contribution in [2.75, 3.05) is 31.2 Å². The molecule has 10 heteroatoms. The second kappa shape index (κ2) is 14.3. The monoisotopic (exact) mass is 640 g/mol. The first kappa shape index (κ1) is 33.0. The number of ether oxygens (including phenoxy) is 1. The Morgan fingerprint density at radius 3 is 2.13 bits per heavy atom. The van der Waals surface area contributed by atoms with Crippen LogP contribution in [-0.2, 0) is 26.2 Å². The van der Waals surface area contributed by atoms with Crippen molar-refractivity contribution < 1.29 is 24.2 Å². The first-order chi connectivity index (χ1) is 22.0. The Morgan fingerprint density at radius 2 is 1.54 bits per heavy atom. The maximum absolute atomic E-state index is 13.3. The van der Waals surface area contributed by atoms with Crippen LogP contribution in [0.1, 0.15) is 54.2 Å². The molecule has 0 bridgehead atoms. The summed E-state index contributed by atoms with van der Waals surface area (Å²) in [5, 5.41) is 11.9. The summed E-state index contributed by atoms with van der Waals surface area (Å²) in [5.74, 6) is -1.88. The number of Topliss-reactive ketones (excluding diaryl/α,β-unsaturated/α-hetero) is 1. The van der Waals surface area contributed by atoms with Gasteiger partial charge in [-0.1, -0.05) is 57.2 Å². The maximum Gasteiger partial charge on any atom is 0.325 e. The lowest BCUT2D eigenvalue weighted by Gasteiger charge is -2.28. The van der Waals surface area contributed by atoms with E-state index in [1.165, 1.54) is 23.9 Å². The second-order valence-corrected chi connectivity index (χ2v) is 13.7. The van der Waals surface area contributed by atoms with Gasteiger partial charge in [-0.3, -0.25) is 14.4 Å². The lowest BCUT2D eigenvalue weighted by atomic mass is 9.92. The molecule has 1 fully saturated rings. The number of hydrogen-bond donors (Lipinski definition) is 2. The van der Waals surface area contributed by atoms with Gasteiger partial charge in [-0.05, 0) is 54.2 Å². The minimum absolute atomic E-state index is 0.0258. The van der Waals surface area contributed by atoms with E-state index in [1.807, 2.05) is 48.8 Å². The molecule has 240 valence electrons. The summed E-state index contributed by atoms with van der Waals surface area (Å²) in [4.78, 5) is 51.0. The summed E-state index contributed by atoms with van der Waals surface area (Å²) in [6.45, 7) is 10.9. The quantitative estimate of drug-likeness (QED) is 0.191. The third-order valence-electron chi connectivity index (χ3n) is 8.07. The average molecular weight is 641 g/mol. The fourth-order valence-electron chi connectivity index (χ4n) is 5.25. The predicted molar refractivity (Wildman–Crippen MR) is 180 cm³/mol. The van der Waals surface area contributed by atoms with Crippen molar-refractivity contribution in [1.82, 2.24) is 15.3 Å². The molecule has 1 saturated heterocycles. The molecule has 2 aromatic heterocycles. The summed E-state index contributed by atoms with van der Waals surface area (Å²) in [7, 11) is 0. The molecule has 1 aliphatic rings. The van der Waals surface area contributed by atoms with E-state index in [-0.39, 0.29) is 24.0 Å². The topological polar surface area (TPSA) is 122 Å². The minimum atomic E-state index is -1.13. The molecule has 2 aromatic carbocycles. The molecular formula is C36H40N4O5S. The van der Waals surface area contributed by atoms with Crippen molar-refractivity contribution in [3.05, 3.63) is 88.4 Å². The molecule has 4 aromatic rings. The number of aliphatic carboxylic acids is 1. The number of morpholine rings is 1. The first-order valence-electron chi connectivity index (χ1n) is 15.5. The van der Waals surface area contributed by atoms with Gasteiger partial charge < -0.3 is 20.1 Å². The highest BCUT2D eigenvalue weighted by Gasteiger charge is 2.27. The molecule has 0 saturated carbocycles. The molecule has 5 rings (SSSR count). The summed E-state index contributed by atoms with van der Waals surface area (Å²) >= 11 is 1.44. The molecule has 1 amide bonds. The van der Waals surface area contributed by atoms with E-state index in [0.29, 0.717) is 10.7 Å². The van der Waals surface area contributed by atoms with Crippen LogP contribution in [0.2, 0.25) is 0 Å². The predicted octanol–water partition coefficient (Wildman–Crippen LogP) is 6.03. The molecule has 0 radical (unpaired) electrons. The lowest BCUT2D eigenvalue weighted by molar-refractivity contribution is -0.141. The van der Waals surface area contributed by atoms with Crippen molar-refractivity contribution in [1.29, 1.82) is 0 Å². The van der Waals surface area contributed by atoms with Crippen molar-refractivity contribution in [2.45, 2.75) is 52.0 Å². The Labute approximate surface area is 273 Å². The Hall–Kier alpha value is -4.41. The molecule has 2 atom stereocenters. The van der Waals surface area contributed by atoms with Crippen LogP contribution in [0.4, 0.5) is 5.69 Å². The van der Waals surface area contributed by atoms with E-state index >= 15 is 0 Å². The Morgan fingerprint density at radius 1 is 0.913 bits per heavy atom. The minimum Gasteiger partial charge on any atom is -0.480 e. The van der Waals surface area contributed by atoms with Crippen LogP contribution < -0.4 is 10.2 Å². The number of amides is 1. The zero-order valence-corrected chi connectivity index (χ0v) is 27.5. The molecule has 46 heavy (non-hydrogen) atoms. The van der Waals surface area contributed by atoms with E-state index in [2.05, 4.69) is 65.2 Å². The number of carboxylic acid groups (broad SMARTS) is 1. The normalized spacial score (nSPS) is 14.8. The van der Waals surface area contributed by atoms with Crippen LogP contribution in [0.5, 0.6) is 0 Å². The van der Waals surface area contributed by atoms with Gasteiger partial charge in [0.15, 0.2) is 11.6 Å². The van der Waals surface area contributed by atoms with Gasteiger partial charge in [0, 0.05) is 59.5 Å². The number of carbonyl (C=O) groups excluding carboxylic acids is 2. The number of carbonyl (C=O) groups is 3. The number of rotatable bonds is 11. The van der Waals surface area contributed by atoms with E-state index in [0.717, 1.165) is 53.4 Å². The van der Waals surface area contributed by atoms with Gasteiger partial charge in [0.1, 0.15) is 6.04 Å². The molecule has 3 heterocycles. The van der Waals surface area contributed by atoms with Crippen LogP contribution in [0.3, 0.4) is 0 Å². The fourth-order valence-corrected chi connectivity index (χ4v) is 6.27. The average Bonchev–Trinajstić information content (AvgIpc) is 3.57. The van der Waals surface area contributed by atoms with Crippen molar-refractivity contribution >= 4 is 34.7 Å². The summed E-state index contributed by atoms with van der Waals surface area (Å²) < 4.78 is 5.45. The molecular weight excluding hydrogens is 600 g/mol. The van der Waals surface area contributed by atoms with E-state index in [9.17, 15) is 19.5 Å². The van der Waals surface area contributed by atoms with Gasteiger partial charge in [-0.2, -0.15) is 0 Å². The number of hydrogen-bond acceptors (Lipinski definition) is 8. The highest BCUT2D eigenvalue weighted by molar-refractivity contribution is 7.14. The van der Waals surface area contributed by atoms with Gasteiger partial charge in [0.05, 0.1) is 18.1 Å². The Bertz CT molecular complexity index is 1650. The number of nitrogens with one attached hydrogen (secondary N) is 1. The second-order valence-electron chi connectivity index (χ2n) is 12.6. The van der Waals surface area contributed by atoms with Crippen LogP contribution >= 0.6 is 11.3 Å². The summed E-state index contributed by atoms with van der Waals surface area (Å²) in [6.07, 6.45) is 3.88. The third-order valence-corrected chi connectivity index (χ3v) is 9.63. The zero-order chi connectivity index (χ0) is 32.8. The molecule has 1 aliphatic heterocycles. The van der Waals surface area contributed by atoms with Gasteiger partial charge >= 0.3 is 5.97 Å². The highest BCUT2D eigenvalue weighted by atomic mass is 32.1. The fraction of sp³-hybridized carbons (Fsp3) is 0.361.